The fourth-order valence-corrected chi connectivity index (χ4v) is 3.74. The van der Waals surface area contributed by atoms with Gasteiger partial charge in [-0.3, -0.25) is 9.59 Å². The standard InChI is InChI=1S/C28H26N4O4/c1-19-8-14-24(21-6-4-3-5-7-21)32(19)23-12-10-22(11-13-23)28(34)31-30-17-20-9-15-25(26(16-20)35-2)36-18-27(29)33/h3-17H,18H2,1-2H3,(H2,29,33)(H,31,34)/b30-17+. The minimum absolute atomic E-state index is 0.254. The van der Waals surface area contributed by atoms with Gasteiger partial charge in [0.2, 0.25) is 0 Å². The Balaban J connectivity index is 1.44. The number of rotatable bonds is 9. The van der Waals surface area contributed by atoms with Gasteiger partial charge in [-0.1, -0.05) is 30.3 Å². The summed E-state index contributed by atoms with van der Waals surface area (Å²) in [7, 11) is 1.48. The van der Waals surface area contributed by atoms with E-state index in [9.17, 15) is 9.59 Å². The largest absolute Gasteiger partial charge is 0.493 e. The van der Waals surface area contributed by atoms with Crippen molar-refractivity contribution in [3.8, 4) is 28.4 Å². The first-order valence-corrected chi connectivity index (χ1v) is 11.2. The number of hydrogen-bond acceptors (Lipinski definition) is 5. The Morgan fingerprint density at radius 3 is 2.42 bits per heavy atom. The number of hydrazone groups is 1. The summed E-state index contributed by atoms with van der Waals surface area (Å²) in [6.07, 6.45) is 1.49. The first kappa shape index (κ1) is 24.3. The molecule has 0 saturated heterocycles. The minimum Gasteiger partial charge on any atom is -0.493 e. The number of aryl methyl sites for hydroxylation is 1. The molecule has 182 valence electrons. The predicted molar refractivity (Wildman–Crippen MR) is 139 cm³/mol. The van der Waals surface area contributed by atoms with Gasteiger partial charge in [0, 0.05) is 16.9 Å². The Morgan fingerprint density at radius 2 is 1.72 bits per heavy atom. The summed E-state index contributed by atoms with van der Waals surface area (Å²) in [5, 5.41) is 4.04. The summed E-state index contributed by atoms with van der Waals surface area (Å²) in [6, 6.07) is 26.7. The van der Waals surface area contributed by atoms with Crippen molar-refractivity contribution < 1.29 is 19.1 Å². The third-order valence-corrected chi connectivity index (χ3v) is 5.47. The number of methoxy groups -OCH3 is 1. The molecular formula is C28H26N4O4. The van der Waals surface area contributed by atoms with Crippen LogP contribution >= 0.6 is 0 Å². The topological polar surface area (TPSA) is 108 Å². The highest BCUT2D eigenvalue weighted by Gasteiger charge is 2.11. The number of ether oxygens (including phenoxy) is 2. The van der Waals surface area contributed by atoms with Crippen LogP contribution in [0.3, 0.4) is 0 Å². The molecule has 3 N–H and O–H groups in total. The van der Waals surface area contributed by atoms with Gasteiger partial charge in [-0.15, -0.1) is 0 Å². The van der Waals surface area contributed by atoms with Gasteiger partial charge in [0.1, 0.15) is 0 Å². The van der Waals surface area contributed by atoms with E-state index in [-0.39, 0.29) is 12.5 Å². The summed E-state index contributed by atoms with van der Waals surface area (Å²) < 4.78 is 12.7. The number of nitrogens with zero attached hydrogens (tertiary/aromatic N) is 2. The Hall–Kier alpha value is -4.85. The number of aromatic nitrogens is 1. The minimum atomic E-state index is -0.585. The number of amides is 2. The van der Waals surface area contributed by atoms with E-state index in [1.807, 2.05) is 37.3 Å². The van der Waals surface area contributed by atoms with Crippen molar-refractivity contribution in [3.05, 3.63) is 102 Å². The Bertz CT molecular complexity index is 1390. The molecule has 0 bridgehead atoms. The molecule has 0 fully saturated rings. The first-order chi connectivity index (χ1) is 17.5. The SMILES string of the molecule is COc1cc(/C=N/NC(=O)c2ccc(-n3c(C)ccc3-c3ccccc3)cc2)ccc1OCC(N)=O. The van der Waals surface area contributed by atoms with Gasteiger partial charge in [-0.05, 0) is 72.6 Å². The van der Waals surface area contributed by atoms with Crippen LogP contribution in [0.5, 0.6) is 11.5 Å². The molecule has 8 nitrogen and oxygen atoms in total. The smallest absolute Gasteiger partial charge is 0.271 e. The molecule has 0 spiro atoms. The summed E-state index contributed by atoms with van der Waals surface area (Å²) in [5.74, 6) is -0.125. The van der Waals surface area contributed by atoms with E-state index in [2.05, 4.69) is 39.4 Å². The van der Waals surface area contributed by atoms with Gasteiger partial charge in [-0.2, -0.15) is 5.10 Å². The zero-order valence-corrected chi connectivity index (χ0v) is 20.0. The van der Waals surface area contributed by atoms with Gasteiger partial charge < -0.3 is 19.8 Å². The second-order valence-corrected chi connectivity index (χ2v) is 7.97. The van der Waals surface area contributed by atoms with Gasteiger partial charge in [0.15, 0.2) is 18.1 Å². The Labute approximate surface area is 209 Å². The number of carbonyl (C=O) groups excluding carboxylic acids is 2. The number of hydrogen-bond donors (Lipinski definition) is 2. The number of nitrogens with two attached hydrogens (primary N) is 1. The lowest BCUT2D eigenvalue weighted by atomic mass is 10.1. The van der Waals surface area contributed by atoms with Crippen molar-refractivity contribution in [3.63, 3.8) is 0 Å². The molecule has 0 unspecified atom stereocenters. The monoisotopic (exact) mass is 482 g/mol. The maximum atomic E-state index is 12.6. The summed E-state index contributed by atoms with van der Waals surface area (Å²) in [5.41, 5.74) is 13.0. The quantitative estimate of drug-likeness (QED) is 0.277. The van der Waals surface area contributed by atoms with Crippen molar-refractivity contribution in [1.29, 1.82) is 0 Å². The van der Waals surface area contributed by atoms with E-state index < -0.39 is 5.91 Å². The molecule has 0 radical (unpaired) electrons. The summed E-state index contributed by atoms with van der Waals surface area (Å²) >= 11 is 0. The highest BCUT2D eigenvalue weighted by atomic mass is 16.5. The number of benzene rings is 3. The van der Waals surface area contributed by atoms with Gasteiger partial charge in [-0.25, -0.2) is 5.43 Å². The van der Waals surface area contributed by atoms with Crippen LogP contribution < -0.4 is 20.6 Å². The van der Waals surface area contributed by atoms with Gasteiger partial charge >= 0.3 is 0 Å². The number of nitrogens with one attached hydrogen (secondary N) is 1. The fraction of sp³-hybridized carbons (Fsp3) is 0.107. The first-order valence-electron chi connectivity index (χ1n) is 11.2. The number of carbonyl (C=O) groups is 2. The molecule has 8 heteroatoms. The van der Waals surface area contributed by atoms with E-state index in [1.54, 1.807) is 30.3 Å². The normalized spacial score (nSPS) is 10.8. The van der Waals surface area contributed by atoms with E-state index in [0.29, 0.717) is 22.6 Å². The van der Waals surface area contributed by atoms with Crippen molar-refractivity contribution in [2.45, 2.75) is 6.92 Å². The molecule has 2 amide bonds. The van der Waals surface area contributed by atoms with Crippen LogP contribution in [0.2, 0.25) is 0 Å². The van der Waals surface area contributed by atoms with Gasteiger partial charge in [0.05, 0.1) is 19.0 Å². The molecule has 0 aliphatic heterocycles. The second-order valence-electron chi connectivity index (χ2n) is 7.97. The van der Waals surface area contributed by atoms with Crippen molar-refractivity contribution in [2.24, 2.45) is 10.8 Å². The molecule has 0 saturated carbocycles. The lowest BCUT2D eigenvalue weighted by molar-refractivity contribution is -0.119. The summed E-state index contributed by atoms with van der Waals surface area (Å²) in [4.78, 5) is 23.5. The average molecular weight is 483 g/mol. The van der Waals surface area contributed by atoms with E-state index in [0.717, 1.165) is 22.6 Å². The van der Waals surface area contributed by atoms with E-state index in [4.69, 9.17) is 15.2 Å². The fourth-order valence-electron chi connectivity index (χ4n) is 3.74. The van der Waals surface area contributed by atoms with Crippen LogP contribution in [-0.2, 0) is 4.79 Å². The molecule has 0 aliphatic rings. The molecule has 1 heterocycles. The molecule has 4 aromatic rings. The van der Waals surface area contributed by atoms with Crippen LogP contribution in [0.1, 0.15) is 21.6 Å². The van der Waals surface area contributed by atoms with Crippen LogP contribution in [0, 0.1) is 6.92 Å². The van der Waals surface area contributed by atoms with Crippen LogP contribution in [-0.4, -0.2) is 36.3 Å². The maximum absolute atomic E-state index is 12.6. The zero-order valence-electron chi connectivity index (χ0n) is 20.0. The molecule has 36 heavy (non-hydrogen) atoms. The predicted octanol–water partition coefficient (Wildman–Crippen LogP) is 4.09. The van der Waals surface area contributed by atoms with Crippen LogP contribution in [0.25, 0.3) is 16.9 Å². The molecule has 0 atom stereocenters. The van der Waals surface area contributed by atoms with Crippen molar-refractivity contribution in [2.75, 3.05) is 13.7 Å². The molecular weight excluding hydrogens is 456 g/mol. The highest BCUT2D eigenvalue weighted by molar-refractivity contribution is 5.95. The van der Waals surface area contributed by atoms with E-state index in [1.165, 1.54) is 13.3 Å². The molecule has 3 aromatic carbocycles. The number of primary amides is 1. The van der Waals surface area contributed by atoms with Crippen LogP contribution in [0.15, 0.2) is 90.0 Å². The second kappa shape index (κ2) is 11.1. The zero-order chi connectivity index (χ0) is 25.5. The third kappa shape index (κ3) is 5.61. The molecule has 0 aliphatic carbocycles. The van der Waals surface area contributed by atoms with Gasteiger partial charge in [0.25, 0.3) is 11.8 Å². The van der Waals surface area contributed by atoms with Crippen molar-refractivity contribution in [1.82, 2.24) is 9.99 Å². The maximum Gasteiger partial charge on any atom is 0.271 e. The van der Waals surface area contributed by atoms with E-state index >= 15 is 0 Å². The lowest BCUT2D eigenvalue weighted by Crippen LogP contribution is -2.20. The average Bonchev–Trinajstić information content (AvgIpc) is 3.29. The Morgan fingerprint density at radius 1 is 0.972 bits per heavy atom. The van der Waals surface area contributed by atoms with Crippen LogP contribution in [0.4, 0.5) is 0 Å². The molecule has 4 rings (SSSR count). The summed E-state index contributed by atoms with van der Waals surface area (Å²) in [6.45, 7) is 1.79. The highest BCUT2D eigenvalue weighted by Crippen LogP contribution is 2.28. The molecule has 1 aromatic heterocycles. The van der Waals surface area contributed by atoms with Crippen molar-refractivity contribution >= 4 is 18.0 Å². The Kier molecular flexibility index (Phi) is 7.45. The lowest BCUT2D eigenvalue weighted by Gasteiger charge is -2.12. The third-order valence-electron chi connectivity index (χ3n) is 5.47.